The maximum absolute atomic E-state index is 12.4. The number of nitrogen functional groups attached to an aromatic ring is 1. The van der Waals surface area contributed by atoms with E-state index in [1.807, 2.05) is 0 Å². The van der Waals surface area contributed by atoms with Crippen molar-refractivity contribution in [2.45, 2.75) is 115 Å². The van der Waals surface area contributed by atoms with E-state index in [-0.39, 0.29) is 22.1 Å². The predicted octanol–water partition coefficient (Wildman–Crippen LogP) is 7.01. The molecule has 0 radical (unpaired) electrons. The third-order valence-corrected chi connectivity index (χ3v) is 7.45. The van der Waals surface area contributed by atoms with Gasteiger partial charge in [0.25, 0.3) is 0 Å². The van der Waals surface area contributed by atoms with Crippen LogP contribution in [0, 0.1) is 0 Å². The van der Waals surface area contributed by atoms with Crippen LogP contribution in [0.1, 0.15) is 110 Å². The van der Waals surface area contributed by atoms with Gasteiger partial charge in [-0.15, -0.1) is 0 Å². The van der Waals surface area contributed by atoms with E-state index < -0.39 is 9.84 Å². The fourth-order valence-corrected chi connectivity index (χ4v) is 5.27. The Balaban J connectivity index is 1.95. The quantitative estimate of drug-likeness (QED) is 0.151. The van der Waals surface area contributed by atoms with Crippen LogP contribution in [0.15, 0.2) is 23.1 Å². The van der Waals surface area contributed by atoms with Gasteiger partial charge in [-0.2, -0.15) is 0 Å². The average Bonchev–Trinajstić information content (AvgIpc) is 2.69. The Morgan fingerprint density at radius 2 is 1.14 bits per heavy atom. The first kappa shape index (κ1) is 25.8. The van der Waals surface area contributed by atoms with Crippen LogP contribution < -0.4 is 5.73 Å². The number of unbranched alkanes of at least 4 members (excludes halogenated alkanes) is 15. The molecule has 29 heavy (non-hydrogen) atoms. The van der Waals surface area contributed by atoms with Gasteiger partial charge in [0.2, 0.25) is 0 Å². The van der Waals surface area contributed by atoms with E-state index in [0.717, 1.165) is 12.8 Å². The summed E-state index contributed by atoms with van der Waals surface area (Å²) < 4.78 is 24.7. The number of nitrogens with two attached hydrogens (primary N) is 1. The molecule has 0 fully saturated rings. The van der Waals surface area contributed by atoms with Gasteiger partial charge in [0, 0.05) is 6.07 Å². The molecule has 0 atom stereocenters. The number of hydrogen-bond donors (Lipinski definition) is 2. The summed E-state index contributed by atoms with van der Waals surface area (Å²) in [5.74, 6) is 0.0313. The van der Waals surface area contributed by atoms with Crippen molar-refractivity contribution in [2.24, 2.45) is 0 Å². The Kier molecular flexibility index (Phi) is 13.9. The summed E-state index contributed by atoms with van der Waals surface area (Å²) in [5.41, 5.74) is 5.95. The summed E-state index contributed by atoms with van der Waals surface area (Å²) >= 11 is 0. The van der Waals surface area contributed by atoms with Gasteiger partial charge in [-0.3, -0.25) is 0 Å². The van der Waals surface area contributed by atoms with Crippen LogP contribution in [-0.4, -0.2) is 19.3 Å². The number of aromatic hydroxyl groups is 1. The van der Waals surface area contributed by atoms with Gasteiger partial charge >= 0.3 is 0 Å². The molecule has 0 aliphatic heterocycles. The van der Waals surface area contributed by atoms with Crippen molar-refractivity contribution in [2.75, 3.05) is 11.5 Å². The molecular formula is C24H43NO3S. The number of phenols is 1. The predicted molar refractivity (Wildman–Crippen MR) is 124 cm³/mol. The first-order valence-electron chi connectivity index (χ1n) is 11.8. The normalized spacial score (nSPS) is 11.8. The summed E-state index contributed by atoms with van der Waals surface area (Å²) in [4.78, 5) is 0.0541. The summed E-state index contributed by atoms with van der Waals surface area (Å²) in [6.45, 7) is 2.26. The molecule has 3 N–H and O–H groups in total. The monoisotopic (exact) mass is 425 g/mol. The highest BCUT2D eigenvalue weighted by Crippen LogP contribution is 2.25. The van der Waals surface area contributed by atoms with Gasteiger partial charge in [-0.1, -0.05) is 103 Å². The largest absolute Gasteiger partial charge is 0.508 e. The Bertz CT molecular complexity index is 644. The van der Waals surface area contributed by atoms with Gasteiger partial charge in [0.1, 0.15) is 5.75 Å². The second-order valence-corrected chi connectivity index (χ2v) is 10.4. The first-order valence-corrected chi connectivity index (χ1v) is 13.4. The highest BCUT2D eigenvalue weighted by Gasteiger charge is 2.17. The highest BCUT2D eigenvalue weighted by atomic mass is 32.2. The van der Waals surface area contributed by atoms with Gasteiger partial charge in [0.05, 0.1) is 16.3 Å². The summed E-state index contributed by atoms with van der Waals surface area (Å²) in [5, 5.41) is 9.49. The van der Waals surface area contributed by atoms with Crippen LogP contribution in [0.4, 0.5) is 5.69 Å². The number of anilines is 1. The lowest BCUT2D eigenvalue weighted by atomic mass is 10.0. The van der Waals surface area contributed by atoms with Gasteiger partial charge in [0.15, 0.2) is 9.84 Å². The minimum Gasteiger partial charge on any atom is -0.508 e. The second kappa shape index (κ2) is 15.6. The van der Waals surface area contributed by atoms with E-state index in [1.165, 1.54) is 102 Å². The molecule has 0 saturated heterocycles. The number of sulfone groups is 1. The molecule has 0 aliphatic rings. The average molecular weight is 426 g/mol. The van der Waals surface area contributed by atoms with Crippen molar-refractivity contribution in [1.29, 1.82) is 0 Å². The van der Waals surface area contributed by atoms with E-state index in [1.54, 1.807) is 0 Å². The van der Waals surface area contributed by atoms with Crippen molar-refractivity contribution < 1.29 is 13.5 Å². The molecule has 4 nitrogen and oxygen atoms in total. The number of hydrogen-bond acceptors (Lipinski definition) is 4. The summed E-state index contributed by atoms with van der Waals surface area (Å²) in [7, 11) is -3.42. The van der Waals surface area contributed by atoms with Crippen LogP contribution in [0.5, 0.6) is 5.75 Å². The zero-order valence-electron chi connectivity index (χ0n) is 18.5. The molecule has 168 valence electrons. The molecule has 0 spiro atoms. The Morgan fingerprint density at radius 3 is 1.59 bits per heavy atom. The van der Waals surface area contributed by atoms with Gasteiger partial charge in [-0.05, 0) is 18.6 Å². The van der Waals surface area contributed by atoms with Gasteiger partial charge in [-0.25, -0.2) is 8.42 Å². The number of phenolic OH excluding ortho intramolecular Hbond substituents is 1. The summed E-state index contributed by atoms with van der Waals surface area (Å²) in [6, 6.07) is 4.09. The molecule has 0 bridgehead atoms. The minimum atomic E-state index is -3.42. The molecule has 0 saturated carbocycles. The fraction of sp³-hybridized carbons (Fsp3) is 0.750. The van der Waals surface area contributed by atoms with Crippen LogP contribution in [-0.2, 0) is 9.84 Å². The lowest BCUT2D eigenvalue weighted by Crippen LogP contribution is -2.09. The Hall–Kier alpha value is -1.23. The lowest BCUT2D eigenvalue weighted by molar-refractivity contribution is 0.473. The molecule has 5 heteroatoms. The minimum absolute atomic E-state index is 0.0541. The second-order valence-electron chi connectivity index (χ2n) is 8.34. The van der Waals surface area contributed by atoms with Crippen molar-refractivity contribution in [3.8, 4) is 5.75 Å². The Morgan fingerprint density at radius 1 is 0.724 bits per heavy atom. The SMILES string of the molecule is CCCCCCCCCCCCCCCCCCS(=O)(=O)c1cc(O)ccc1N. The molecule has 0 heterocycles. The smallest absolute Gasteiger partial charge is 0.180 e. The first-order chi connectivity index (χ1) is 14.0. The van der Waals surface area contributed by atoms with Crippen molar-refractivity contribution in [3.05, 3.63) is 18.2 Å². The van der Waals surface area contributed by atoms with Crippen molar-refractivity contribution in [1.82, 2.24) is 0 Å². The topological polar surface area (TPSA) is 80.4 Å². The van der Waals surface area contributed by atoms with Crippen LogP contribution in [0.3, 0.4) is 0 Å². The zero-order valence-corrected chi connectivity index (χ0v) is 19.3. The molecule has 0 aromatic heterocycles. The van der Waals surface area contributed by atoms with Gasteiger partial charge < -0.3 is 10.8 Å². The lowest BCUT2D eigenvalue weighted by Gasteiger charge is -2.08. The maximum Gasteiger partial charge on any atom is 0.180 e. The Labute approximate surface area is 179 Å². The molecule has 0 unspecified atom stereocenters. The molecule has 0 amide bonds. The standard InChI is InChI=1S/C24H43NO3S/c1-2-3-4-5-6-7-8-9-10-11-12-13-14-15-16-17-20-29(27,28)24-21-22(26)18-19-23(24)25/h18-19,21,26H,2-17,20,25H2,1H3. The summed E-state index contributed by atoms with van der Waals surface area (Å²) in [6.07, 6.45) is 20.2. The number of benzene rings is 1. The highest BCUT2D eigenvalue weighted by molar-refractivity contribution is 7.91. The molecular weight excluding hydrogens is 382 g/mol. The zero-order chi connectivity index (χ0) is 21.4. The van der Waals surface area contributed by atoms with E-state index in [9.17, 15) is 13.5 Å². The van der Waals surface area contributed by atoms with E-state index in [2.05, 4.69) is 6.92 Å². The number of rotatable bonds is 18. The van der Waals surface area contributed by atoms with E-state index in [0.29, 0.717) is 6.42 Å². The molecule has 0 aliphatic carbocycles. The fourth-order valence-electron chi connectivity index (χ4n) is 3.74. The maximum atomic E-state index is 12.4. The van der Waals surface area contributed by atoms with E-state index >= 15 is 0 Å². The molecule has 1 aromatic carbocycles. The van der Waals surface area contributed by atoms with Crippen LogP contribution in [0.2, 0.25) is 0 Å². The van der Waals surface area contributed by atoms with Crippen LogP contribution >= 0.6 is 0 Å². The van der Waals surface area contributed by atoms with Crippen LogP contribution in [0.25, 0.3) is 0 Å². The van der Waals surface area contributed by atoms with Crippen molar-refractivity contribution in [3.63, 3.8) is 0 Å². The molecule has 1 aromatic rings. The third-order valence-electron chi connectivity index (χ3n) is 5.60. The van der Waals surface area contributed by atoms with Crippen molar-refractivity contribution >= 4 is 15.5 Å². The van der Waals surface area contributed by atoms with E-state index in [4.69, 9.17) is 5.73 Å². The third kappa shape index (κ3) is 12.1. The molecule has 1 rings (SSSR count).